The molecule has 1 aliphatic rings. The zero-order chi connectivity index (χ0) is 27.0. The second-order valence-corrected chi connectivity index (χ2v) is 12.4. The minimum absolute atomic E-state index is 0. The van der Waals surface area contributed by atoms with Crippen molar-refractivity contribution < 1.29 is 30.0 Å². The first kappa shape index (κ1) is 29.1. The summed E-state index contributed by atoms with van der Waals surface area (Å²) in [4.78, 5) is 14.8. The van der Waals surface area contributed by atoms with E-state index in [9.17, 15) is 4.79 Å². The Hall–Kier alpha value is -2.85. The summed E-state index contributed by atoms with van der Waals surface area (Å²) in [5, 5.41) is 13.6. The van der Waals surface area contributed by atoms with E-state index >= 15 is 0 Å². The Labute approximate surface area is 248 Å². The van der Waals surface area contributed by atoms with E-state index in [0.29, 0.717) is 0 Å². The number of allylic oxidation sites excluding steroid dienone is 2. The van der Waals surface area contributed by atoms with Crippen molar-refractivity contribution in [3.8, 4) is 11.3 Å². The number of benzene rings is 3. The number of rotatable bonds is 2. The quantitative estimate of drug-likeness (QED) is 0.113. The zero-order valence-corrected chi connectivity index (χ0v) is 26.4. The van der Waals surface area contributed by atoms with Crippen molar-refractivity contribution in [2.75, 3.05) is 0 Å². The molecule has 0 aliphatic heterocycles. The number of fused-ring (bicyclic) bond motifs is 5. The monoisotopic (exact) mass is 713 g/mol. The number of hydrogen-bond donors (Lipinski definition) is 1. The van der Waals surface area contributed by atoms with Crippen molar-refractivity contribution >= 4 is 48.1 Å². The van der Waals surface area contributed by atoms with Gasteiger partial charge in [-0.1, -0.05) is 26.8 Å². The van der Waals surface area contributed by atoms with Gasteiger partial charge < -0.3 is 10.1 Å². The van der Waals surface area contributed by atoms with Crippen molar-refractivity contribution in [1.29, 1.82) is 0 Å². The number of aromatic nitrogens is 1. The van der Waals surface area contributed by atoms with Gasteiger partial charge in [-0.15, -0.1) is 46.7 Å². The van der Waals surface area contributed by atoms with Crippen LogP contribution in [0.1, 0.15) is 64.2 Å². The fourth-order valence-corrected chi connectivity index (χ4v) is 6.43. The van der Waals surface area contributed by atoms with E-state index in [1.165, 1.54) is 82.1 Å². The second-order valence-electron chi connectivity index (χ2n) is 11.3. The molecule has 203 valence electrons. The summed E-state index contributed by atoms with van der Waals surface area (Å²) in [5.41, 5.74) is 6.64. The van der Waals surface area contributed by atoms with E-state index in [4.69, 9.17) is 10.1 Å². The molecule has 0 spiro atoms. The van der Waals surface area contributed by atoms with Crippen LogP contribution in [-0.4, -0.2) is 15.9 Å². The van der Waals surface area contributed by atoms with E-state index < -0.39 is 0 Å². The third kappa shape index (κ3) is 6.32. The van der Waals surface area contributed by atoms with E-state index in [1.54, 1.807) is 11.1 Å². The molecule has 5 heteroatoms. The molecule has 0 saturated heterocycles. The molecule has 2 aromatic heterocycles. The van der Waals surface area contributed by atoms with Gasteiger partial charge in [0.05, 0.1) is 5.76 Å². The molecular formula is C34H34IrNO2S-. The normalized spacial score (nSPS) is 13.5. The van der Waals surface area contributed by atoms with Crippen LogP contribution in [0.25, 0.3) is 42.2 Å². The summed E-state index contributed by atoms with van der Waals surface area (Å²) in [6, 6.07) is 21.7. The van der Waals surface area contributed by atoms with Crippen molar-refractivity contribution in [2.24, 2.45) is 0 Å². The van der Waals surface area contributed by atoms with Gasteiger partial charge >= 0.3 is 0 Å². The van der Waals surface area contributed by atoms with Gasteiger partial charge in [0, 0.05) is 52.6 Å². The average molecular weight is 713 g/mol. The molecular weight excluding hydrogens is 679 g/mol. The van der Waals surface area contributed by atoms with Gasteiger partial charge in [0.2, 0.25) is 0 Å². The second kappa shape index (κ2) is 11.7. The Bertz CT molecular complexity index is 1700. The number of aryl methyl sites for hydroxylation is 2. The maximum atomic E-state index is 10.0. The maximum absolute atomic E-state index is 10.0. The Morgan fingerprint density at radius 2 is 1.62 bits per heavy atom. The number of nitrogens with zero attached hydrogens (tertiary/aromatic N) is 1. The Morgan fingerprint density at radius 3 is 2.26 bits per heavy atom. The molecule has 1 N–H and O–H groups in total. The summed E-state index contributed by atoms with van der Waals surface area (Å²) in [6.07, 6.45) is 8.20. The first-order valence-electron chi connectivity index (χ1n) is 13.3. The molecule has 0 saturated carbocycles. The van der Waals surface area contributed by atoms with E-state index in [2.05, 4.69) is 69.3 Å². The van der Waals surface area contributed by atoms with Gasteiger partial charge in [0.25, 0.3) is 0 Å². The number of thiophene rings is 1. The first-order chi connectivity index (χ1) is 18.1. The van der Waals surface area contributed by atoms with Crippen LogP contribution in [0.4, 0.5) is 0 Å². The number of ketones is 1. The summed E-state index contributed by atoms with van der Waals surface area (Å²) in [7, 11) is 0. The summed E-state index contributed by atoms with van der Waals surface area (Å²) < 4.78 is 2.79. The van der Waals surface area contributed by atoms with Crippen molar-refractivity contribution in [2.45, 2.75) is 65.7 Å². The number of carbonyl (C=O) groups excluding carboxylic acids is 1. The fourth-order valence-electron chi connectivity index (χ4n) is 5.25. The van der Waals surface area contributed by atoms with Crippen LogP contribution in [0.2, 0.25) is 0 Å². The number of pyridine rings is 1. The summed E-state index contributed by atoms with van der Waals surface area (Å²) in [6.45, 7) is 9.61. The maximum Gasteiger partial charge on any atom is 0.155 e. The molecule has 2 heterocycles. The summed E-state index contributed by atoms with van der Waals surface area (Å²) >= 11 is 1.93. The molecule has 0 bridgehead atoms. The van der Waals surface area contributed by atoms with E-state index in [-0.39, 0.29) is 37.1 Å². The molecule has 1 radical (unpaired) electrons. The van der Waals surface area contributed by atoms with Gasteiger partial charge in [0.1, 0.15) is 0 Å². The van der Waals surface area contributed by atoms with Crippen molar-refractivity contribution in [1.82, 2.24) is 4.98 Å². The smallest absolute Gasteiger partial charge is 0.155 e. The third-order valence-corrected chi connectivity index (χ3v) is 8.27. The molecule has 0 fully saturated rings. The summed E-state index contributed by atoms with van der Waals surface area (Å²) in [5.74, 6) is -0.0625. The van der Waals surface area contributed by atoms with Gasteiger partial charge in [-0.05, 0) is 96.8 Å². The third-order valence-electron chi connectivity index (χ3n) is 7.15. The minimum atomic E-state index is -0.125. The van der Waals surface area contributed by atoms with Crippen LogP contribution in [0.3, 0.4) is 0 Å². The molecule has 1 aliphatic carbocycles. The molecule has 6 rings (SSSR count). The first-order valence-corrected chi connectivity index (χ1v) is 14.1. The van der Waals surface area contributed by atoms with Gasteiger partial charge in [-0.3, -0.25) is 4.79 Å². The largest absolute Gasteiger partial charge is 0.512 e. The molecule has 0 unspecified atom stereocenters. The molecule has 3 aromatic carbocycles. The van der Waals surface area contributed by atoms with Gasteiger partial charge in [-0.25, -0.2) is 0 Å². The van der Waals surface area contributed by atoms with Crippen molar-refractivity contribution in [3.63, 3.8) is 0 Å². The van der Waals surface area contributed by atoms with Crippen molar-refractivity contribution in [3.05, 3.63) is 89.3 Å². The number of aliphatic hydroxyl groups is 1. The Morgan fingerprint density at radius 1 is 0.949 bits per heavy atom. The van der Waals surface area contributed by atoms with Crippen LogP contribution in [0, 0.1) is 6.07 Å². The molecule has 0 amide bonds. The number of hydrogen-bond acceptors (Lipinski definition) is 4. The minimum Gasteiger partial charge on any atom is -0.512 e. The standard InChI is InChI=1S/C29H26NS.C5H8O2.Ir/c1-29(2,3)22-10-6-9-21(13-22)28-23-17-25-24-14-18-7-4-5-8-19(18)15-26(24)31-27(25)16-20(23)11-12-30-28;1-4(6)3-5(2)7;/h6,10-17H,4-5,7-8H2,1-3H3;3,6H,1-2H3;/q-1;;/b;4-3-;. The SMILES string of the molecule is CC(=O)/C=C(/C)O.CC(C)(C)c1cc[c-]c(-c2nccc3cc4sc5cc6c(cc5c4cc23)CCCC6)c1.[Ir]. The van der Waals surface area contributed by atoms with E-state index in [1.807, 2.05) is 23.6 Å². The molecule has 0 atom stereocenters. The fraction of sp³-hybridized carbons (Fsp3) is 0.294. The number of aliphatic hydroxyl groups excluding tert-OH is 1. The zero-order valence-electron chi connectivity index (χ0n) is 23.1. The Kier molecular flexibility index (Phi) is 8.75. The molecule has 39 heavy (non-hydrogen) atoms. The average Bonchev–Trinajstić information content (AvgIpc) is 3.21. The molecule has 3 nitrogen and oxygen atoms in total. The van der Waals surface area contributed by atoms with Crippen LogP contribution in [0.15, 0.2) is 66.6 Å². The number of carbonyl (C=O) groups is 1. The van der Waals surface area contributed by atoms with Gasteiger partial charge in [0.15, 0.2) is 5.78 Å². The van der Waals surface area contributed by atoms with E-state index in [0.717, 1.165) is 11.3 Å². The van der Waals surface area contributed by atoms with Crippen LogP contribution < -0.4 is 0 Å². The molecule has 5 aromatic rings. The Balaban J connectivity index is 0.000000394. The predicted molar refractivity (Wildman–Crippen MR) is 161 cm³/mol. The predicted octanol–water partition coefficient (Wildman–Crippen LogP) is 9.28. The van der Waals surface area contributed by atoms with Gasteiger partial charge in [-0.2, -0.15) is 0 Å². The van der Waals surface area contributed by atoms with Crippen LogP contribution in [0.5, 0.6) is 0 Å². The van der Waals surface area contributed by atoms with Crippen LogP contribution in [-0.2, 0) is 43.2 Å². The van der Waals surface area contributed by atoms with Crippen LogP contribution >= 0.6 is 11.3 Å². The topological polar surface area (TPSA) is 50.2 Å².